The van der Waals surface area contributed by atoms with Gasteiger partial charge in [-0.1, -0.05) is 54.0 Å². The predicted octanol–water partition coefficient (Wildman–Crippen LogP) is 5.90. The van der Waals surface area contributed by atoms with Gasteiger partial charge in [0.05, 0.1) is 12.4 Å². The molecule has 1 aromatic carbocycles. The van der Waals surface area contributed by atoms with Gasteiger partial charge < -0.3 is 9.30 Å². The summed E-state index contributed by atoms with van der Waals surface area (Å²) in [5, 5.41) is 23.1. The molecular weight excluding hydrogens is 504 g/mol. The van der Waals surface area contributed by atoms with Gasteiger partial charge in [-0.3, -0.25) is 10.1 Å². The summed E-state index contributed by atoms with van der Waals surface area (Å²) in [6.45, 7) is 5.35. The summed E-state index contributed by atoms with van der Waals surface area (Å²) in [5.74, 6) is 2.36. The van der Waals surface area contributed by atoms with Crippen LogP contribution < -0.4 is 10.1 Å². The average Bonchev–Trinajstić information content (AvgIpc) is 3.48. The molecule has 1 aliphatic carbocycles. The zero-order valence-corrected chi connectivity index (χ0v) is 22.5. The summed E-state index contributed by atoms with van der Waals surface area (Å²) in [5.41, 5.74) is 1.02. The van der Waals surface area contributed by atoms with Gasteiger partial charge >= 0.3 is 0 Å². The summed E-state index contributed by atoms with van der Waals surface area (Å²) in [7, 11) is 0. The molecule has 2 heterocycles. The molecule has 0 atom stereocenters. The van der Waals surface area contributed by atoms with Gasteiger partial charge in [0, 0.05) is 23.9 Å². The second-order valence-electron chi connectivity index (χ2n) is 8.62. The number of carbonyl (C=O) groups is 1. The summed E-state index contributed by atoms with van der Waals surface area (Å²) >= 11 is 8.89. The number of amides is 1. The third-order valence-electron chi connectivity index (χ3n) is 6.02. The van der Waals surface area contributed by atoms with E-state index in [9.17, 15) is 4.79 Å². The fraction of sp³-hybridized carbons (Fsp3) is 0.542. The van der Waals surface area contributed by atoms with Crippen LogP contribution in [-0.4, -0.2) is 43.2 Å². The van der Waals surface area contributed by atoms with Gasteiger partial charge in [0.25, 0.3) is 0 Å². The molecule has 3 aromatic rings. The lowest BCUT2D eigenvalue weighted by atomic mass is 9.90. The van der Waals surface area contributed by atoms with Gasteiger partial charge in [0.2, 0.25) is 11.0 Å². The van der Waals surface area contributed by atoms with E-state index in [1.165, 1.54) is 55.2 Å². The molecule has 0 spiro atoms. The lowest BCUT2D eigenvalue weighted by molar-refractivity contribution is -0.113. The van der Waals surface area contributed by atoms with Crippen molar-refractivity contribution in [2.24, 2.45) is 0 Å². The van der Waals surface area contributed by atoms with Crippen LogP contribution in [0, 0.1) is 6.92 Å². The molecule has 1 N–H and O–H groups in total. The Labute approximate surface area is 219 Å². The van der Waals surface area contributed by atoms with Crippen LogP contribution in [0.2, 0.25) is 5.02 Å². The molecule has 0 bridgehead atoms. The Morgan fingerprint density at radius 3 is 2.83 bits per heavy atom. The molecule has 0 unspecified atom stereocenters. The van der Waals surface area contributed by atoms with Crippen molar-refractivity contribution in [1.29, 1.82) is 0 Å². The number of rotatable bonds is 11. The zero-order valence-electron chi connectivity index (χ0n) is 20.1. The molecule has 0 radical (unpaired) electrons. The maximum Gasteiger partial charge on any atom is 0.236 e. The minimum atomic E-state index is -0.111. The van der Waals surface area contributed by atoms with Gasteiger partial charge in [-0.2, -0.15) is 0 Å². The fourth-order valence-electron chi connectivity index (χ4n) is 4.20. The maximum absolute atomic E-state index is 12.5. The standard InChI is InChI=1S/C24H31ClN6O2S2/c1-3-31-20(10-7-13-33-19-12-11-18(25)14-16(19)2)27-30-24(31)34-15-21(32)26-23-29-28-22(35-23)17-8-5-4-6-9-17/h11-12,14,17H,3-10,13,15H2,1-2H3,(H,26,29,32). The second-order valence-corrected chi connectivity index (χ2v) is 11.0. The maximum atomic E-state index is 12.5. The Morgan fingerprint density at radius 2 is 2.06 bits per heavy atom. The number of anilines is 1. The minimum absolute atomic E-state index is 0.111. The Balaban J connectivity index is 1.23. The SMILES string of the molecule is CCn1c(CCCOc2ccc(Cl)cc2C)nnc1SCC(=O)Nc1nnc(C2CCCCC2)s1. The van der Waals surface area contributed by atoms with Crippen molar-refractivity contribution < 1.29 is 9.53 Å². The molecule has 1 amide bonds. The van der Waals surface area contributed by atoms with E-state index in [1.54, 1.807) is 0 Å². The smallest absolute Gasteiger partial charge is 0.236 e. The molecular formula is C24H31ClN6O2S2. The Hall–Kier alpha value is -2.17. The van der Waals surface area contributed by atoms with E-state index in [0.717, 1.165) is 46.7 Å². The van der Waals surface area contributed by atoms with E-state index < -0.39 is 0 Å². The lowest BCUT2D eigenvalue weighted by Crippen LogP contribution is -2.14. The average molecular weight is 535 g/mol. The van der Waals surface area contributed by atoms with E-state index >= 15 is 0 Å². The van der Waals surface area contributed by atoms with Gasteiger partial charge in [0.15, 0.2) is 5.16 Å². The van der Waals surface area contributed by atoms with Gasteiger partial charge in [-0.15, -0.1) is 20.4 Å². The van der Waals surface area contributed by atoms with Crippen molar-refractivity contribution in [3.8, 4) is 5.75 Å². The quantitative estimate of drug-likeness (QED) is 0.241. The number of hydrogen-bond donors (Lipinski definition) is 1. The monoisotopic (exact) mass is 534 g/mol. The highest BCUT2D eigenvalue weighted by Crippen LogP contribution is 2.35. The van der Waals surface area contributed by atoms with Crippen molar-refractivity contribution in [1.82, 2.24) is 25.0 Å². The third kappa shape index (κ3) is 7.17. The first-order chi connectivity index (χ1) is 17.0. The fourth-order valence-corrected chi connectivity index (χ4v) is 6.18. The summed E-state index contributed by atoms with van der Waals surface area (Å²) in [4.78, 5) is 12.5. The van der Waals surface area contributed by atoms with Crippen molar-refractivity contribution >= 4 is 45.7 Å². The molecule has 0 aliphatic heterocycles. The van der Waals surface area contributed by atoms with Crippen molar-refractivity contribution in [2.45, 2.75) is 76.4 Å². The highest BCUT2D eigenvalue weighted by molar-refractivity contribution is 7.99. The summed E-state index contributed by atoms with van der Waals surface area (Å²) < 4.78 is 7.94. The van der Waals surface area contributed by atoms with E-state index in [2.05, 4.69) is 37.2 Å². The van der Waals surface area contributed by atoms with Gasteiger partial charge in [-0.05, 0) is 56.9 Å². The molecule has 2 aromatic heterocycles. The topological polar surface area (TPSA) is 94.8 Å². The molecule has 8 nitrogen and oxygen atoms in total. The lowest BCUT2D eigenvalue weighted by Gasteiger charge is -2.18. The van der Waals surface area contributed by atoms with Crippen molar-refractivity contribution in [3.05, 3.63) is 39.6 Å². The highest BCUT2D eigenvalue weighted by atomic mass is 35.5. The number of benzene rings is 1. The first kappa shape index (κ1) is 25.9. The van der Waals surface area contributed by atoms with Crippen LogP contribution in [0.1, 0.15) is 67.8 Å². The van der Waals surface area contributed by atoms with Crippen LogP contribution in [0.25, 0.3) is 0 Å². The third-order valence-corrected chi connectivity index (χ3v) is 8.23. The van der Waals surface area contributed by atoms with Crippen LogP contribution in [0.3, 0.4) is 0 Å². The molecule has 11 heteroatoms. The normalized spacial score (nSPS) is 14.3. The van der Waals surface area contributed by atoms with Gasteiger partial charge in [0.1, 0.15) is 16.6 Å². The van der Waals surface area contributed by atoms with E-state index in [0.29, 0.717) is 22.7 Å². The minimum Gasteiger partial charge on any atom is -0.493 e. The Morgan fingerprint density at radius 1 is 1.23 bits per heavy atom. The summed E-state index contributed by atoms with van der Waals surface area (Å²) in [6.07, 6.45) is 7.69. The summed E-state index contributed by atoms with van der Waals surface area (Å²) in [6, 6.07) is 5.62. The van der Waals surface area contributed by atoms with Crippen LogP contribution in [0.4, 0.5) is 5.13 Å². The number of carbonyl (C=O) groups excluding carboxylic acids is 1. The second kappa shape index (κ2) is 12.7. The number of aryl methyl sites for hydroxylation is 2. The van der Waals surface area contributed by atoms with Crippen molar-refractivity contribution in [2.75, 3.05) is 17.7 Å². The first-order valence-electron chi connectivity index (χ1n) is 12.1. The van der Waals surface area contributed by atoms with Gasteiger partial charge in [-0.25, -0.2) is 0 Å². The molecule has 1 saturated carbocycles. The van der Waals surface area contributed by atoms with Crippen LogP contribution >= 0.6 is 34.7 Å². The zero-order chi connectivity index (χ0) is 24.6. The van der Waals surface area contributed by atoms with Crippen LogP contribution in [0.15, 0.2) is 23.4 Å². The van der Waals surface area contributed by atoms with E-state index in [-0.39, 0.29) is 11.7 Å². The Bertz CT molecular complexity index is 1130. The number of halogens is 1. The molecule has 4 rings (SSSR count). The van der Waals surface area contributed by atoms with E-state index in [1.807, 2.05) is 25.1 Å². The molecule has 1 fully saturated rings. The van der Waals surface area contributed by atoms with Crippen molar-refractivity contribution in [3.63, 3.8) is 0 Å². The number of thioether (sulfide) groups is 1. The highest BCUT2D eigenvalue weighted by Gasteiger charge is 2.20. The number of nitrogens with one attached hydrogen (secondary N) is 1. The Kier molecular flexibility index (Phi) is 9.39. The molecule has 1 aliphatic rings. The number of nitrogens with zero attached hydrogens (tertiary/aromatic N) is 5. The first-order valence-corrected chi connectivity index (χ1v) is 14.3. The predicted molar refractivity (Wildman–Crippen MR) is 141 cm³/mol. The molecule has 188 valence electrons. The van der Waals surface area contributed by atoms with Crippen LogP contribution in [-0.2, 0) is 17.8 Å². The molecule has 0 saturated heterocycles. The van der Waals surface area contributed by atoms with Crippen LogP contribution in [0.5, 0.6) is 5.75 Å². The van der Waals surface area contributed by atoms with E-state index in [4.69, 9.17) is 16.3 Å². The largest absolute Gasteiger partial charge is 0.493 e. The number of hydrogen-bond acceptors (Lipinski definition) is 8. The number of aromatic nitrogens is 5. The number of ether oxygens (including phenoxy) is 1. The molecule has 35 heavy (non-hydrogen) atoms.